The summed E-state index contributed by atoms with van der Waals surface area (Å²) in [6, 6.07) is 7.25. The van der Waals surface area contributed by atoms with Gasteiger partial charge in [-0.1, -0.05) is 6.42 Å². The van der Waals surface area contributed by atoms with Crippen molar-refractivity contribution in [3.05, 3.63) is 69.8 Å². The summed E-state index contributed by atoms with van der Waals surface area (Å²) >= 11 is 0. The van der Waals surface area contributed by atoms with Crippen molar-refractivity contribution < 1.29 is 73.6 Å². The fraction of sp³-hybridized carbons (Fsp3) is 0.489. The largest absolute Gasteiger partial charge is 0.504 e. The number of phenolic OH excluding ortho intramolecular Hbond substituents is 6. The van der Waals surface area contributed by atoms with Crippen molar-refractivity contribution in [1.29, 1.82) is 0 Å². The molecule has 5 amide bonds. The van der Waals surface area contributed by atoms with E-state index in [2.05, 4.69) is 26.6 Å². The second kappa shape index (κ2) is 29.3. The highest BCUT2D eigenvalue weighted by Crippen LogP contribution is 2.35. The number of Topliss-reactive ketones (excluding diaryl/α,β-unsaturated/α-hetero) is 1. The van der Waals surface area contributed by atoms with Crippen molar-refractivity contribution in [1.82, 2.24) is 36.4 Å². The molecule has 0 saturated carbocycles. The Hall–Kier alpha value is -6.76. The fourth-order valence-corrected chi connectivity index (χ4v) is 7.23. The summed E-state index contributed by atoms with van der Waals surface area (Å²) in [5, 5.41) is 77.5. The van der Waals surface area contributed by atoms with Crippen LogP contribution < -0.4 is 32.3 Å². The highest BCUT2D eigenvalue weighted by atomic mass is 16.5. The van der Waals surface area contributed by atoms with Gasteiger partial charge in [-0.3, -0.25) is 38.6 Å². The SMILES string of the molecule is COCCOCCOCCN1CCCCCC(=O)c2ccc(c(O)c2O)C(=O)NCCN(CCNC(=O)c2ccc(C(=O)NCCCN)c(O)c2O)CCNC(=O)c2ccc(c(O)c2O)C(=O)NCC1. The molecule has 0 fully saturated rings. The summed E-state index contributed by atoms with van der Waals surface area (Å²) in [6.45, 7) is 4.23. The lowest BCUT2D eigenvalue weighted by Crippen LogP contribution is -2.43. The summed E-state index contributed by atoms with van der Waals surface area (Å²) in [4.78, 5) is 82.1. The van der Waals surface area contributed by atoms with Crippen LogP contribution >= 0.6 is 0 Å². The predicted octanol–water partition coefficient (Wildman–Crippen LogP) is 0.359. The number of hydrogen-bond donors (Lipinski definition) is 12. The number of rotatable bonds is 17. The second-order valence-electron chi connectivity index (χ2n) is 16.1. The van der Waals surface area contributed by atoms with Gasteiger partial charge in [-0.15, -0.1) is 0 Å². The first-order chi connectivity index (χ1) is 33.7. The molecule has 0 aliphatic carbocycles. The Bertz CT molecular complexity index is 2260. The number of nitrogens with one attached hydrogen (secondary N) is 5. The molecule has 4 heterocycles. The number of carbonyl (C=O) groups excluding carboxylic acids is 6. The Kier molecular flexibility index (Phi) is 23.4. The van der Waals surface area contributed by atoms with E-state index in [1.54, 1.807) is 12.0 Å². The van der Waals surface area contributed by atoms with E-state index in [4.69, 9.17) is 19.9 Å². The first-order valence-electron chi connectivity index (χ1n) is 23.1. The zero-order chi connectivity index (χ0) is 51.0. The molecule has 384 valence electrons. The maximum absolute atomic E-state index is 13.3. The van der Waals surface area contributed by atoms with E-state index in [9.17, 15) is 59.4 Å². The molecule has 0 unspecified atom stereocenters. The number of hydrogen-bond acceptors (Lipinski definition) is 18. The number of amides is 5. The molecule has 23 heteroatoms. The molecule has 0 radical (unpaired) electrons. The molecule has 4 bridgehead atoms. The summed E-state index contributed by atoms with van der Waals surface area (Å²) in [5.41, 5.74) is 3.86. The molecule has 4 aliphatic rings. The molecule has 13 N–H and O–H groups in total. The van der Waals surface area contributed by atoms with Crippen LogP contribution in [0.25, 0.3) is 0 Å². The van der Waals surface area contributed by atoms with Crippen LogP contribution in [0.4, 0.5) is 0 Å². The molecule has 3 aromatic carbocycles. The lowest BCUT2D eigenvalue weighted by Gasteiger charge is -2.23. The number of ether oxygens (including phenoxy) is 3. The van der Waals surface area contributed by atoms with Crippen molar-refractivity contribution in [2.75, 3.05) is 119 Å². The molecule has 3 aromatic rings. The van der Waals surface area contributed by atoms with E-state index in [0.29, 0.717) is 84.9 Å². The van der Waals surface area contributed by atoms with Crippen molar-refractivity contribution >= 4 is 35.3 Å². The molecule has 0 saturated heterocycles. The minimum Gasteiger partial charge on any atom is -0.504 e. The maximum Gasteiger partial charge on any atom is 0.255 e. The third-order valence-electron chi connectivity index (χ3n) is 11.2. The number of methoxy groups -OCH3 is 1. The highest BCUT2D eigenvalue weighted by molar-refractivity contribution is 6.05. The van der Waals surface area contributed by atoms with Crippen molar-refractivity contribution in [3.63, 3.8) is 0 Å². The minimum atomic E-state index is -0.819. The zero-order valence-corrected chi connectivity index (χ0v) is 39.3. The topological polar surface area (TPSA) is 344 Å². The molecule has 0 atom stereocenters. The van der Waals surface area contributed by atoms with E-state index in [0.717, 1.165) is 0 Å². The van der Waals surface area contributed by atoms with Gasteiger partial charge in [-0.25, -0.2) is 0 Å². The molecular formula is C47H66N8O15. The van der Waals surface area contributed by atoms with Gasteiger partial charge in [0.1, 0.15) is 0 Å². The van der Waals surface area contributed by atoms with Gasteiger partial charge >= 0.3 is 0 Å². The Labute approximate surface area is 405 Å². The summed E-state index contributed by atoms with van der Waals surface area (Å²) in [7, 11) is 1.58. The first kappa shape index (κ1) is 55.8. The molecule has 7 rings (SSSR count). The number of nitrogens with two attached hydrogens (primary N) is 1. The Morgan fingerprint density at radius 1 is 0.557 bits per heavy atom. The molecule has 0 aromatic heterocycles. The van der Waals surface area contributed by atoms with Gasteiger partial charge in [0.15, 0.2) is 40.3 Å². The summed E-state index contributed by atoms with van der Waals surface area (Å²) in [6.07, 6.45) is 2.26. The third kappa shape index (κ3) is 16.7. The Balaban J connectivity index is 1.48. The minimum absolute atomic E-state index is 0.0528. The van der Waals surface area contributed by atoms with Crippen molar-refractivity contribution in [2.45, 2.75) is 32.1 Å². The lowest BCUT2D eigenvalue weighted by molar-refractivity contribution is 0.0194. The average molecular weight is 983 g/mol. The van der Waals surface area contributed by atoms with Crippen LogP contribution in [0.15, 0.2) is 36.4 Å². The standard InChI is InChI=1S/C47H66N8O15/c1-68-26-27-70-29-28-69-25-24-54-19-4-2-3-6-36(56)30-7-8-31(38(58)37(30)57)44(64)51-16-21-55(23-18-53-47(67)35-12-11-34(41(61)42(35)62)45(65)50-15-20-54)22-17-52-46(66)33-10-9-32(39(59)40(33)60)43(63)49-14-5-13-48/h7-12,57-62H,2-6,13-29,48H2,1H3,(H,49,63)(H,50,65)(H,51,64)(H,52,66)(H,53,67). The molecular weight excluding hydrogens is 917 g/mol. The zero-order valence-electron chi connectivity index (χ0n) is 39.3. The summed E-state index contributed by atoms with van der Waals surface area (Å²) in [5.74, 6) is -8.90. The van der Waals surface area contributed by atoms with Crippen LogP contribution in [0.5, 0.6) is 34.5 Å². The normalized spacial score (nSPS) is 15.4. The number of phenols is 6. The average Bonchev–Trinajstić information content (AvgIpc) is 3.33. The van der Waals surface area contributed by atoms with Crippen LogP contribution in [-0.2, 0) is 14.2 Å². The molecule has 70 heavy (non-hydrogen) atoms. The van der Waals surface area contributed by atoms with Crippen LogP contribution in [0.3, 0.4) is 0 Å². The molecule has 4 aliphatic heterocycles. The highest BCUT2D eigenvalue weighted by Gasteiger charge is 2.25. The number of nitrogens with zero attached hydrogens (tertiary/aromatic N) is 2. The molecule has 0 spiro atoms. The second-order valence-corrected chi connectivity index (χ2v) is 16.1. The van der Waals surface area contributed by atoms with Gasteiger partial charge in [-0.05, 0) is 68.8 Å². The van der Waals surface area contributed by atoms with Crippen molar-refractivity contribution in [3.8, 4) is 34.5 Å². The van der Waals surface area contributed by atoms with Crippen LogP contribution in [0.2, 0.25) is 0 Å². The third-order valence-corrected chi connectivity index (χ3v) is 11.2. The van der Waals surface area contributed by atoms with E-state index in [1.165, 1.54) is 36.4 Å². The van der Waals surface area contributed by atoms with Crippen LogP contribution in [0, 0.1) is 0 Å². The first-order valence-corrected chi connectivity index (χ1v) is 23.1. The summed E-state index contributed by atoms with van der Waals surface area (Å²) < 4.78 is 16.1. The van der Waals surface area contributed by atoms with Crippen molar-refractivity contribution in [2.24, 2.45) is 5.73 Å². The van der Waals surface area contributed by atoms with E-state index < -0.39 is 69.8 Å². The fourth-order valence-electron chi connectivity index (χ4n) is 7.23. The molecule has 23 nitrogen and oxygen atoms in total. The van der Waals surface area contributed by atoms with Gasteiger partial charge in [0, 0.05) is 79.0 Å². The lowest BCUT2D eigenvalue weighted by atomic mass is 10.0. The number of carbonyl (C=O) groups is 6. The maximum atomic E-state index is 13.3. The monoisotopic (exact) mass is 982 g/mol. The van der Waals surface area contributed by atoms with Gasteiger partial charge < -0.3 is 77.2 Å². The van der Waals surface area contributed by atoms with E-state index in [1.807, 2.05) is 4.90 Å². The van der Waals surface area contributed by atoms with Crippen LogP contribution in [-0.4, -0.2) is 194 Å². The van der Waals surface area contributed by atoms with Gasteiger partial charge in [0.2, 0.25) is 0 Å². The number of ketones is 1. The van der Waals surface area contributed by atoms with E-state index in [-0.39, 0.29) is 92.2 Å². The smallest absolute Gasteiger partial charge is 0.255 e. The van der Waals surface area contributed by atoms with E-state index >= 15 is 0 Å². The van der Waals surface area contributed by atoms with Gasteiger partial charge in [-0.2, -0.15) is 0 Å². The van der Waals surface area contributed by atoms with Crippen LogP contribution in [0.1, 0.15) is 94.3 Å². The van der Waals surface area contributed by atoms with Gasteiger partial charge in [0.05, 0.1) is 66.4 Å². The number of benzene rings is 3. The number of aromatic hydroxyl groups is 6. The van der Waals surface area contributed by atoms with Gasteiger partial charge in [0.25, 0.3) is 29.5 Å². The Morgan fingerprint density at radius 3 is 1.50 bits per heavy atom. The predicted molar refractivity (Wildman–Crippen MR) is 254 cm³/mol. The quantitative estimate of drug-likeness (QED) is 0.0642. The Morgan fingerprint density at radius 2 is 1.00 bits per heavy atom.